The van der Waals surface area contributed by atoms with Crippen molar-refractivity contribution >= 4 is 0 Å². The molecule has 0 aromatic heterocycles. The molecule has 1 aromatic rings. The van der Waals surface area contributed by atoms with Crippen LogP contribution in [0.3, 0.4) is 0 Å². The summed E-state index contributed by atoms with van der Waals surface area (Å²) in [5, 5.41) is 12.0. The third kappa shape index (κ3) is 5.82. The zero-order chi connectivity index (χ0) is 12.5. The van der Waals surface area contributed by atoms with Gasteiger partial charge >= 0.3 is 0 Å². The van der Waals surface area contributed by atoms with E-state index in [1.54, 1.807) is 0 Å². The van der Waals surface area contributed by atoms with Crippen molar-refractivity contribution in [3.63, 3.8) is 0 Å². The molecule has 1 aromatic carbocycles. The van der Waals surface area contributed by atoms with Crippen LogP contribution in [0.2, 0.25) is 0 Å². The van der Waals surface area contributed by atoms with Gasteiger partial charge in [0, 0.05) is 12.6 Å². The van der Waals surface area contributed by atoms with Gasteiger partial charge in [-0.15, -0.1) is 0 Å². The molecule has 0 saturated heterocycles. The van der Waals surface area contributed by atoms with Gasteiger partial charge in [0.05, 0.1) is 13.2 Å². The van der Waals surface area contributed by atoms with Crippen LogP contribution < -0.4 is 5.32 Å². The van der Waals surface area contributed by atoms with E-state index in [1.807, 2.05) is 0 Å². The number of aliphatic hydroxyl groups excluding tert-OH is 1. The number of aryl methyl sites for hydroxylation is 1. The van der Waals surface area contributed by atoms with Crippen LogP contribution in [0.5, 0.6) is 0 Å². The molecule has 0 aliphatic heterocycles. The molecule has 0 heterocycles. The second kappa shape index (κ2) is 8.23. The van der Waals surface area contributed by atoms with Gasteiger partial charge in [-0.1, -0.05) is 29.8 Å². The van der Waals surface area contributed by atoms with Crippen molar-refractivity contribution in [2.45, 2.75) is 26.3 Å². The molecule has 0 saturated carbocycles. The first-order chi connectivity index (χ1) is 8.24. The minimum absolute atomic E-state index is 0.104. The second-order valence-corrected chi connectivity index (χ2v) is 4.28. The van der Waals surface area contributed by atoms with Crippen molar-refractivity contribution in [2.75, 3.05) is 26.4 Å². The lowest BCUT2D eigenvalue weighted by molar-refractivity contribution is 0.0904. The van der Waals surface area contributed by atoms with Gasteiger partial charge in [-0.25, -0.2) is 0 Å². The SMILES string of the molecule is Cc1ccc(C(C)NCCCOCCO)cc1. The summed E-state index contributed by atoms with van der Waals surface area (Å²) in [7, 11) is 0. The molecule has 2 N–H and O–H groups in total. The van der Waals surface area contributed by atoms with E-state index in [0.717, 1.165) is 13.0 Å². The Morgan fingerprint density at radius 2 is 1.94 bits per heavy atom. The number of nitrogens with one attached hydrogen (secondary N) is 1. The minimum Gasteiger partial charge on any atom is -0.394 e. The number of ether oxygens (including phenoxy) is 1. The zero-order valence-corrected chi connectivity index (χ0v) is 10.8. The smallest absolute Gasteiger partial charge is 0.0697 e. The molecule has 0 aliphatic rings. The highest BCUT2D eigenvalue weighted by Crippen LogP contribution is 2.12. The molecule has 1 unspecified atom stereocenters. The van der Waals surface area contributed by atoms with Gasteiger partial charge in [0.25, 0.3) is 0 Å². The molecule has 0 amide bonds. The Hall–Kier alpha value is -0.900. The first-order valence-corrected chi connectivity index (χ1v) is 6.22. The van der Waals surface area contributed by atoms with Crippen molar-refractivity contribution in [3.05, 3.63) is 35.4 Å². The Balaban J connectivity index is 2.16. The fraction of sp³-hybridized carbons (Fsp3) is 0.571. The van der Waals surface area contributed by atoms with E-state index >= 15 is 0 Å². The third-order valence-corrected chi connectivity index (χ3v) is 2.73. The first-order valence-electron chi connectivity index (χ1n) is 6.22. The topological polar surface area (TPSA) is 41.5 Å². The monoisotopic (exact) mass is 237 g/mol. The highest BCUT2D eigenvalue weighted by Gasteiger charge is 2.03. The van der Waals surface area contributed by atoms with Crippen molar-refractivity contribution < 1.29 is 9.84 Å². The molecule has 96 valence electrons. The van der Waals surface area contributed by atoms with Gasteiger partial charge in [0.15, 0.2) is 0 Å². The maximum absolute atomic E-state index is 8.54. The van der Waals surface area contributed by atoms with Gasteiger partial charge in [0.2, 0.25) is 0 Å². The summed E-state index contributed by atoms with van der Waals surface area (Å²) >= 11 is 0. The lowest BCUT2D eigenvalue weighted by atomic mass is 10.1. The molecule has 0 spiro atoms. The molecule has 0 aliphatic carbocycles. The lowest BCUT2D eigenvalue weighted by Crippen LogP contribution is -2.21. The standard InChI is InChI=1S/C14H23NO2/c1-12-4-6-14(7-5-12)13(2)15-8-3-10-17-11-9-16/h4-7,13,15-16H,3,8-11H2,1-2H3. The van der Waals surface area contributed by atoms with E-state index in [0.29, 0.717) is 19.3 Å². The number of benzene rings is 1. The maximum Gasteiger partial charge on any atom is 0.0697 e. The molecule has 1 atom stereocenters. The molecular weight excluding hydrogens is 214 g/mol. The minimum atomic E-state index is 0.104. The van der Waals surface area contributed by atoms with E-state index in [4.69, 9.17) is 9.84 Å². The van der Waals surface area contributed by atoms with Crippen molar-refractivity contribution in [2.24, 2.45) is 0 Å². The van der Waals surface area contributed by atoms with Crippen LogP contribution in [-0.2, 0) is 4.74 Å². The number of aliphatic hydroxyl groups is 1. The summed E-state index contributed by atoms with van der Waals surface area (Å²) in [6, 6.07) is 8.97. The fourth-order valence-corrected chi connectivity index (χ4v) is 1.63. The first kappa shape index (κ1) is 14.2. The average molecular weight is 237 g/mol. The van der Waals surface area contributed by atoms with Gasteiger partial charge in [-0.3, -0.25) is 0 Å². The predicted molar refractivity (Wildman–Crippen MR) is 70.1 cm³/mol. The highest BCUT2D eigenvalue weighted by molar-refractivity contribution is 5.23. The Morgan fingerprint density at radius 3 is 2.59 bits per heavy atom. The van der Waals surface area contributed by atoms with Crippen LogP contribution in [0.15, 0.2) is 24.3 Å². The van der Waals surface area contributed by atoms with Crippen LogP contribution in [-0.4, -0.2) is 31.5 Å². The van der Waals surface area contributed by atoms with Crippen molar-refractivity contribution in [1.29, 1.82) is 0 Å². The van der Waals surface area contributed by atoms with E-state index in [-0.39, 0.29) is 6.61 Å². The van der Waals surface area contributed by atoms with Crippen LogP contribution in [0.1, 0.15) is 30.5 Å². The lowest BCUT2D eigenvalue weighted by Gasteiger charge is -2.14. The summed E-state index contributed by atoms with van der Waals surface area (Å²) in [6.07, 6.45) is 0.968. The van der Waals surface area contributed by atoms with Crippen LogP contribution in [0.25, 0.3) is 0 Å². The summed E-state index contributed by atoms with van der Waals surface area (Å²) in [6.45, 7) is 6.44. The highest BCUT2D eigenvalue weighted by atomic mass is 16.5. The zero-order valence-electron chi connectivity index (χ0n) is 10.8. The summed E-state index contributed by atoms with van der Waals surface area (Å²) in [4.78, 5) is 0. The maximum atomic E-state index is 8.54. The van der Waals surface area contributed by atoms with Gasteiger partial charge in [-0.05, 0) is 32.4 Å². The Kier molecular flexibility index (Phi) is 6.86. The van der Waals surface area contributed by atoms with Crippen LogP contribution >= 0.6 is 0 Å². The largest absolute Gasteiger partial charge is 0.394 e. The predicted octanol–water partition coefficient (Wildman–Crippen LogP) is 2.04. The van der Waals surface area contributed by atoms with Crippen molar-refractivity contribution in [3.8, 4) is 0 Å². The summed E-state index contributed by atoms with van der Waals surface area (Å²) in [5.74, 6) is 0. The molecule has 17 heavy (non-hydrogen) atoms. The third-order valence-electron chi connectivity index (χ3n) is 2.73. The molecule has 0 fully saturated rings. The van der Waals surface area contributed by atoms with E-state index < -0.39 is 0 Å². The quantitative estimate of drug-likeness (QED) is 0.680. The molecule has 3 heteroatoms. The van der Waals surface area contributed by atoms with E-state index in [1.165, 1.54) is 11.1 Å². The van der Waals surface area contributed by atoms with Gasteiger partial charge in [-0.2, -0.15) is 0 Å². The molecule has 0 bridgehead atoms. The van der Waals surface area contributed by atoms with Gasteiger partial charge in [0.1, 0.15) is 0 Å². The van der Waals surface area contributed by atoms with E-state index in [2.05, 4.69) is 43.4 Å². The van der Waals surface area contributed by atoms with E-state index in [9.17, 15) is 0 Å². The number of hydrogen-bond donors (Lipinski definition) is 2. The summed E-state index contributed by atoms with van der Waals surface area (Å²) in [5.41, 5.74) is 2.60. The Morgan fingerprint density at radius 1 is 1.24 bits per heavy atom. The second-order valence-electron chi connectivity index (χ2n) is 4.28. The average Bonchev–Trinajstić information content (AvgIpc) is 2.34. The normalized spacial score (nSPS) is 12.6. The molecular formula is C14H23NO2. The molecule has 0 radical (unpaired) electrons. The molecule has 3 nitrogen and oxygen atoms in total. The number of rotatable bonds is 8. The Labute approximate surface area is 104 Å². The van der Waals surface area contributed by atoms with Gasteiger partial charge < -0.3 is 15.2 Å². The van der Waals surface area contributed by atoms with Crippen LogP contribution in [0, 0.1) is 6.92 Å². The summed E-state index contributed by atoms with van der Waals surface area (Å²) < 4.78 is 5.20. The molecule has 1 rings (SSSR count). The van der Waals surface area contributed by atoms with Crippen molar-refractivity contribution in [1.82, 2.24) is 5.32 Å². The fourth-order valence-electron chi connectivity index (χ4n) is 1.63. The van der Waals surface area contributed by atoms with Crippen LogP contribution in [0.4, 0.5) is 0 Å². The Bertz CT molecular complexity index is 298. The number of hydrogen-bond acceptors (Lipinski definition) is 3.